The number of nitrogens with one attached hydrogen (secondary N) is 1. The molecule has 8 heteroatoms. The van der Waals surface area contributed by atoms with Crippen LogP contribution in [0, 0.1) is 23.1 Å². The van der Waals surface area contributed by atoms with Crippen molar-refractivity contribution in [3.8, 4) is 6.19 Å². The lowest BCUT2D eigenvalue weighted by atomic mass is 10.0. The number of amides is 1. The molecule has 5 nitrogen and oxygen atoms in total. The van der Waals surface area contributed by atoms with Crippen molar-refractivity contribution in [1.29, 1.82) is 5.26 Å². The van der Waals surface area contributed by atoms with Crippen molar-refractivity contribution >= 4 is 28.9 Å². The summed E-state index contributed by atoms with van der Waals surface area (Å²) in [7, 11) is 0. The number of nitriles is 1. The molecule has 0 saturated heterocycles. The van der Waals surface area contributed by atoms with E-state index in [1.54, 1.807) is 11.0 Å². The van der Waals surface area contributed by atoms with Gasteiger partial charge in [0, 0.05) is 24.2 Å². The maximum absolute atomic E-state index is 13.7. The van der Waals surface area contributed by atoms with E-state index in [9.17, 15) is 13.6 Å². The van der Waals surface area contributed by atoms with E-state index >= 15 is 0 Å². The van der Waals surface area contributed by atoms with E-state index in [4.69, 9.17) is 16.9 Å². The van der Waals surface area contributed by atoms with Crippen molar-refractivity contribution in [2.24, 2.45) is 0 Å². The Morgan fingerprint density at radius 3 is 2.62 bits per heavy atom. The predicted octanol–water partition coefficient (Wildman–Crippen LogP) is 3.75. The Kier molecular flexibility index (Phi) is 5.14. The van der Waals surface area contributed by atoms with Gasteiger partial charge in [-0.25, -0.2) is 13.8 Å². The maximum atomic E-state index is 13.7. The third-order valence-electron chi connectivity index (χ3n) is 3.96. The van der Waals surface area contributed by atoms with Gasteiger partial charge in [-0.3, -0.25) is 4.79 Å². The van der Waals surface area contributed by atoms with Gasteiger partial charge < -0.3 is 10.2 Å². The number of hydrogen-bond acceptors (Lipinski definition) is 4. The highest BCUT2D eigenvalue weighted by Gasteiger charge is 2.20. The number of aromatic nitrogens is 1. The molecular weight excluding hydrogens is 362 g/mol. The van der Waals surface area contributed by atoms with Crippen molar-refractivity contribution in [1.82, 2.24) is 9.88 Å². The van der Waals surface area contributed by atoms with Gasteiger partial charge in [-0.05, 0) is 35.4 Å². The number of nitrogens with zero attached hydrogens (tertiary/aromatic N) is 3. The molecule has 0 fully saturated rings. The molecule has 0 bridgehead atoms. The van der Waals surface area contributed by atoms with Crippen LogP contribution in [0.5, 0.6) is 0 Å². The number of halogens is 3. The van der Waals surface area contributed by atoms with Crippen LogP contribution in [-0.4, -0.2) is 28.9 Å². The second kappa shape index (κ2) is 7.50. The van der Waals surface area contributed by atoms with Crippen LogP contribution in [0.15, 0.2) is 41.6 Å². The van der Waals surface area contributed by atoms with Gasteiger partial charge in [0.2, 0.25) is 0 Å². The molecule has 26 heavy (non-hydrogen) atoms. The minimum absolute atomic E-state index is 0.145. The van der Waals surface area contributed by atoms with Crippen LogP contribution in [0.3, 0.4) is 0 Å². The van der Waals surface area contributed by atoms with Crippen molar-refractivity contribution in [3.63, 3.8) is 0 Å². The lowest BCUT2D eigenvalue weighted by molar-refractivity contribution is 0.101. The Labute approximate surface area is 153 Å². The fourth-order valence-corrected chi connectivity index (χ4v) is 2.87. The van der Waals surface area contributed by atoms with E-state index in [0.29, 0.717) is 30.1 Å². The normalized spacial score (nSPS) is 14.2. The lowest BCUT2D eigenvalue weighted by Gasteiger charge is -2.24. The maximum Gasteiger partial charge on any atom is 0.262 e. The third kappa shape index (κ3) is 3.65. The first-order valence-electron chi connectivity index (χ1n) is 7.73. The Balaban J connectivity index is 1.78. The molecule has 1 aromatic heterocycles. The fourth-order valence-electron chi connectivity index (χ4n) is 2.61. The first-order valence-corrected chi connectivity index (χ1v) is 8.11. The van der Waals surface area contributed by atoms with E-state index in [2.05, 4.69) is 16.5 Å². The molecule has 1 aliphatic heterocycles. The van der Waals surface area contributed by atoms with Gasteiger partial charge in [0.25, 0.3) is 5.91 Å². The Morgan fingerprint density at radius 1 is 1.27 bits per heavy atom. The van der Waals surface area contributed by atoms with Crippen LogP contribution in [0.2, 0.25) is 0 Å². The molecule has 2 heterocycles. The molecule has 1 aromatic carbocycles. The minimum Gasteiger partial charge on any atom is -0.306 e. The SMILES string of the molecule is N#CN1CCC(Cl)=C(c2ccc(NC(=O)c3c(F)cccc3F)nc2)C1. The molecule has 0 atom stereocenters. The summed E-state index contributed by atoms with van der Waals surface area (Å²) in [4.78, 5) is 17.7. The van der Waals surface area contributed by atoms with E-state index in [1.165, 1.54) is 18.3 Å². The molecule has 0 aliphatic carbocycles. The molecule has 2 aromatic rings. The molecule has 0 radical (unpaired) electrons. The lowest BCUT2D eigenvalue weighted by Crippen LogP contribution is -2.26. The Morgan fingerprint density at radius 2 is 2.00 bits per heavy atom. The zero-order valence-electron chi connectivity index (χ0n) is 13.5. The number of anilines is 1. The summed E-state index contributed by atoms with van der Waals surface area (Å²) in [6.45, 7) is 0.942. The molecule has 0 spiro atoms. The van der Waals surface area contributed by atoms with Crippen molar-refractivity contribution in [2.45, 2.75) is 6.42 Å². The van der Waals surface area contributed by atoms with E-state index < -0.39 is 23.1 Å². The second-order valence-corrected chi connectivity index (χ2v) is 6.09. The van der Waals surface area contributed by atoms with Crippen LogP contribution in [-0.2, 0) is 0 Å². The van der Waals surface area contributed by atoms with E-state index in [0.717, 1.165) is 17.7 Å². The summed E-state index contributed by atoms with van der Waals surface area (Å²) in [6.07, 6.45) is 4.14. The largest absolute Gasteiger partial charge is 0.306 e. The summed E-state index contributed by atoms with van der Waals surface area (Å²) in [5, 5.41) is 12.0. The summed E-state index contributed by atoms with van der Waals surface area (Å²) >= 11 is 6.24. The average Bonchev–Trinajstić information content (AvgIpc) is 2.63. The zero-order chi connectivity index (χ0) is 18.7. The van der Waals surface area contributed by atoms with Gasteiger partial charge in [0.15, 0.2) is 6.19 Å². The number of pyridine rings is 1. The molecule has 1 N–H and O–H groups in total. The quantitative estimate of drug-likeness (QED) is 0.831. The molecule has 3 rings (SSSR count). The van der Waals surface area contributed by atoms with E-state index in [1.807, 2.05) is 0 Å². The van der Waals surface area contributed by atoms with Gasteiger partial charge in [0.1, 0.15) is 23.0 Å². The summed E-state index contributed by atoms with van der Waals surface area (Å²) in [5.74, 6) is -2.68. The molecule has 1 amide bonds. The fraction of sp³-hybridized carbons (Fsp3) is 0.167. The average molecular weight is 375 g/mol. The van der Waals surface area contributed by atoms with Crippen molar-refractivity contribution < 1.29 is 13.6 Å². The topological polar surface area (TPSA) is 69.0 Å². The van der Waals surface area contributed by atoms with Gasteiger partial charge in [-0.15, -0.1) is 0 Å². The Hall–Kier alpha value is -2.98. The highest BCUT2D eigenvalue weighted by molar-refractivity contribution is 6.32. The van der Waals surface area contributed by atoms with Crippen LogP contribution in [0.25, 0.3) is 5.57 Å². The highest BCUT2D eigenvalue weighted by Crippen LogP contribution is 2.29. The van der Waals surface area contributed by atoms with Gasteiger partial charge >= 0.3 is 0 Å². The Bertz CT molecular complexity index is 902. The standard InChI is InChI=1S/C18H13ClF2N4O/c19-13-6-7-25(10-22)9-12(13)11-4-5-16(23-8-11)24-18(26)17-14(20)2-1-3-15(17)21/h1-5,8H,6-7,9H2,(H,23,24,26). The molecule has 0 saturated carbocycles. The monoisotopic (exact) mass is 374 g/mol. The summed E-state index contributed by atoms with van der Waals surface area (Å²) in [6, 6.07) is 6.38. The number of carbonyl (C=O) groups is 1. The number of carbonyl (C=O) groups excluding carboxylic acids is 1. The first-order chi connectivity index (χ1) is 12.5. The molecule has 132 valence electrons. The minimum atomic E-state index is -0.949. The number of benzene rings is 1. The van der Waals surface area contributed by atoms with Gasteiger partial charge in [-0.1, -0.05) is 17.7 Å². The highest BCUT2D eigenvalue weighted by atomic mass is 35.5. The van der Waals surface area contributed by atoms with E-state index in [-0.39, 0.29) is 5.82 Å². The van der Waals surface area contributed by atoms with Crippen LogP contribution in [0.4, 0.5) is 14.6 Å². The molecule has 1 aliphatic rings. The second-order valence-electron chi connectivity index (χ2n) is 5.64. The predicted molar refractivity (Wildman–Crippen MR) is 93.1 cm³/mol. The van der Waals surface area contributed by atoms with Crippen LogP contribution < -0.4 is 5.32 Å². The third-order valence-corrected chi connectivity index (χ3v) is 4.38. The van der Waals surface area contributed by atoms with Gasteiger partial charge in [0.05, 0.1) is 6.54 Å². The van der Waals surface area contributed by atoms with Crippen LogP contribution >= 0.6 is 11.6 Å². The molecular formula is C18H13ClF2N4O. The summed E-state index contributed by atoms with van der Waals surface area (Å²) in [5.41, 5.74) is 0.830. The van der Waals surface area contributed by atoms with Crippen molar-refractivity contribution in [3.05, 3.63) is 64.3 Å². The van der Waals surface area contributed by atoms with Crippen LogP contribution in [0.1, 0.15) is 22.3 Å². The van der Waals surface area contributed by atoms with Crippen molar-refractivity contribution in [2.75, 3.05) is 18.4 Å². The number of rotatable bonds is 3. The first kappa shape index (κ1) is 17.8. The smallest absolute Gasteiger partial charge is 0.262 e. The zero-order valence-corrected chi connectivity index (χ0v) is 14.2. The number of hydrogen-bond donors (Lipinski definition) is 1. The molecule has 0 unspecified atom stereocenters. The van der Waals surface area contributed by atoms with Gasteiger partial charge in [-0.2, -0.15) is 5.26 Å². The summed E-state index contributed by atoms with van der Waals surface area (Å²) < 4.78 is 27.3.